The van der Waals surface area contributed by atoms with Crippen LogP contribution in [0.4, 0.5) is 0 Å². The van der Waals surface area contributed by atoms with Gasteiger partial charge in [-0.3, -0.25) is 4.99 Å². The van der Waals surface area contributed by atoms with Gasteiger partial charge in [0, 0.05) is 39.7 Å². The lowest BCUT2D eigenvalue weighted by molar-refractivity contribution is 0.181. The second-order valence-corrected chi connectivity index (χ2v) is 6.96. The SMILES string of the molecule is CN=C(NCCCN1CCC(C)CC1)N(C)CC1CCOC1. The van der Waals surface area contributed by atoms with Gasteiger partial charge in [-0.15, -0.1) is 0 Å². The third kappa shape index (κ3) is 5.76. The van der Waals surface area contributed by atoms with Gasteiger partial charge in [0.15, 0.2) is 5.96 Å². The van der Waals surface area contributed by atoms with Crippen molar-refractivity contribution in [2.75, 3.05) is 60.0 Å². The lowest BCUT2D eigenvalue weighted by Gasteiger charge is -2.30. The summed E-state index contributed by atoms with van der Waals surface area (Å²) in [6.07, 6.45) is 5.09. The molecule has 22 heavy (non-hydrogen) atoms. The highest BCUT2D eigenvalue weighted by atomic mass is 16.5. The Labute approximate surface area is 136 Å². The van der Waals surface area contributed by atoms with E-state index < -0.39 is 0 Å². The fraction of sp³-hybridized carbons (Fsp3) is 0.941. The summed E-state index contributed by atoms with van der Waals surface area (Å²) >= 11 is 0. The van der Waals surface area contributed by atoms with E-state index in [-0.39, 0.29) is 0 Å². The van der Waals surface area contributed by atoms with E-state index in [2.05, 4.69) is 34.1 Å². The number of piperidine rings is 1. The molecule has 0 spiro atoms. The predicted molar refractivity (Wildman–Crippen MR) is 92.4 cm³/mol. The van der Waals surface area contributed by atoms with Gasteiger partial charge in [-0.05, 0) is 51.2 Å². The fourth-order valence-corrected chi connectivity index (χ4v) is 3.37. The molecular formula is C17H34N4O. The number of likely N-dealkylation sites (tertiary alicyclic amines) is 1. The molecule has 2 heterocycles. The van der Waals surface area contributed by atoms with Crippen LogP contribution in [0.3, 0.4) is 0 Å². The Morgan fingerprint density at radius 3 is 2.73 bits per heavy atom. The number of nitrogens with one attached hydrogen (secondary N) is 1. The minimum atomic E-state index is 0.652. The highest BCUT2D eigenvalue weighted by Crippen LogP contribution is 2.16. The van der Waals surface area contributed by atoms with Crippen LogP contribution < -0.4 is 5.32 Å². The molecule has 0 aromatic carbocycles. The molecule has 0 amide bonds. The van der Waals surface area contributed by atoms with Gasteiger partial charge in [0.05, 0.1) is 6.61 Å². The molecule has 1 unspecified atom stereocenters. The minimum absolute atomic E-state index is 0.652. The summed E-state index contributed by atoms with van der Waals surface area (Å²) in [5, 5.41) is 3.50. The number of aliphatic imine (C=N–C) groups is 1. The number of ether oxygens (including phenoxy) is 1. The third-order valence-corrected chi connectivity index (χ3v) is 4.94. The van der Waals surface area contributed by atoms with Gasteiger partial charge < -0.3 is 19.9 Å². The minimum Gasteiger partial charge on any atom is -0.381 e. The first-order valence-corrected chi connectivity index (χ1v) is 8.91. The summed E-state index contributed by atoms with van der Waals surface area (Å²) in [7, 11) is 4.00. The van der Waals surface area contributed by atoms with E-state index in [1.54, 1.807) is 0 Å². The van der Waals surface area contributed by atoms with Gasteiger partial charge in [-0.1, -0.05) is 6.92 Å². The van der Waals surface area contributed by atoms with E-state index in [1.807, 2.05) is 7.05 Å². The molecule has 0 aromatic rings. The van der Waals surface area contributed by atoms with E-state index in [0.717, 1.165) is 38.2 Å². The summed E-state index contributed by atoms with van der Waals surface area (Å²) in [6, 6.07) is 0. The van der Waals surface area contributed by atoms with Crippen LogP contribution in [-0.2, 0) is 4.74 Å². The number of hydrogen-bond donors (Lipinski definition) is 1. The van der Waals surface area contributed by atoms with E-state index in [4.69, 9.17) is 4.74 Å². The van der Waals surface area contributed by atoms with Gasteiger partial charge in [-0.2, -0.15) is 0 Å². The maximum atomic E-state index is 5.45. The predicted octanol–water partition coefficient (Wildman–Crippen LogP) is 1.65. The molecule has 2 rings (SSSR count). The molecule has 1 N–H and O–H groups in total. The second kappa shape index (κ2) is 9.36. The first-order chi connectivity index (χ1) is 10.7. The van der Waals surface area contributed by atoms with Crippen molar-refractivity contribution in [3.63, 3.8) is 0 Å². The van der Waals surface area contributed by atoms with Crippen LogP contribution in [0.2, 0.25) is 0 Å². The summed E-state index contributed by atoms with van der Waals surface area (Å²) in [5.41, 5.74) is 0. The van der Waals surface area contributed by atoms with Crippen molar-refractivity contribution in [2.45, 2.75) is 32.6 Å². The van der Waals surface area contributed by atoms with Crippen LogP contribution in [-0.4, -0.2) is 75.8 Å². The van der Waals surface area contributed by atoms with Crippen LogP contribution in [0.15, 0.2) is 4.99 Å². The van der Waals surface area contributed by atoms with Crippen molar-refractivity contribution in [3.05, 3.63) is 0 Å². The molecule has 2 aliphatic heterocycles. The molecule has 128 valence electrons. The molecule has 5 heteroatoms. The van der Waals surface area contributed by atoms with Crippen LogP contribution in [0.5, 0.6) is 0 Å². The zero-order chi connectivity index (χ0) is 15.8. The van der Waals surface area contributed by atoms with E-state index in [0.29, 0.717) is 5.92 Å². The molecule has 0 saturated carbocycles. The first kappa shape index (κ1) is 17.5. The topological polar surface area (TPSA) is 40.1 Å². The first-order valence-electron chi connectivity index (χ1n) is 8.91. The molecule has 2 fully saturated rings. The molecule has 0 radical (unpaired) electrons. The third-order valence-electron chi connectivity index (χ3n) is 4.94. The van der Waals surface area contributed by atoms with Gasteiger partial charge in [0.25, 0.3) is 0 Å². The van der Waals surface area contributed by atoms with Crippen molar-refractivity contribution in [1.29, 1.82) is 0 Å². The van der Waals surface area contributed by atoms with E-state index >= 15 is 0 Å². The van der Waals surface area contributed by atoms with Crippen LogP contribution in [0.25, 0.3) is 0 Å². The van der Waals surface area contributed by atoms with Gasteiger partial charge >= 0.3 is 0 Å². The molecule has 2 aliphatic rings. The van der Waals surface area contributed by atoms with Gasteiger partial charge in [-0.25, -0.2) is 0 Å². The van der Waals surface area contributed by atoms with Crippen molar-refractivity contribution in [1.82, 2.24) is 15.1 Å². The lowest BCUT2D eigenvalue weighted by atomic mass is 9.99. The number of rotatable bonds is 6. The maximum absolute atomic E-state index is 5.45. The molecule has 0 aromatic heterocycles. The molecule has 0 bridgehead atoms. The van der Waals surface area contributed by atoms with Crippen LogP contribution in [0, 0.1) is 11.8 Å². The molecular weight excluding hydrogens is 276 g/mol. The smallest absolute Gasteiger partial charge is 0.193 e. The molecule has 2 saturated heterocycles. The average molecular weight is 310 g/mol. The van der Waals surface area contributed by atoms with Crippen molar-refractivity contribution < 1.29 is 4.74 Å². The number of guanidine groups is 1. The van der Waals surface area contributed by atoms with Crippen LogP contribution >= 0.6 is 0 Å². The Kier molecular flexibility index (Phi) is 7.46. The second-order valence-electron chi connectivity index (χ2n) is 6.96. The monoisotopic (exact) mass is 310 g/mol. The Morgan fingerprint density at radius 1 is 1.32 bits per heavy atom. The van der Waals surface area contributed by atoms with E-state index in [9.17, 15) is 0 Å². The standard InChI is InChI=1S/C17H34N4O/c1-15-5-10-21(11-6-15)9-4-8-19-17(18-2)20(3)13-16-7-12-22-14-16/h15-16H,4-14H2,1-3H3,(H,18,19). The zero-order valence-electron chi connectivity index (χ0n) is 14.7. The summed E-state index contributed by atoms with van der Waals surface area (Å²) < 4.78 is 5.45. The summed E-state index contributed by atoms with van der Waals surface area (Å²) in [4.78, 5) is 9.24. The van der Waals surface area contributed by atoms with Crippen LogP contribution in [0.1, 0.15) is 32.6 Å². The van der Waals surface area contributed by atoms with Crippen molar-refractivity contribution >= 4 is 5.96 Å². The molecule has 1 atom stereocenters. The van der Waals surface area contributed by atoms with E-state index in [1.165, 1.54) is 45.3 Å². The lowest BCUT2D eigenvalue weighted by Crippen LogP contribution is -2.42. The molecule has 5 nitrogen and oxygen atoms in total. The fourth-order valence-electron chi connectivity index (χ4n) is 3.37. The van der Waals surface area contributed by atoms with Gasteiger partial charge in [0.1, 0.15) is 0 Å². The quantitative estimate of drug-likeness (QED) is 0.460. The highest BCUT2D eigenvalue weighted by molar-refractivity contribution is 5.79. The summed E-state index contributed by atoms with van der Waals surface area (Å²) in [6.45, 7) is 9.97. The summed E-state index contributed by atoms with van der Waals surface area (Å²) in [5.74, 6) is 2.58. The number of hydrogen-bond acceptors (Lipinski definition) is 3. The number of nitrogens with zero attached hydrogens (tertiary/aromatic N) is 3. The molecule has 0 aliphatic carbocycles. The van der Waals surface area contributed by atoms with Gasteiger partial charge in [0.2, 0.25) is 0 Å². The van der Waals surface area contributed by atoms with Crippen molar-refractivity contribution in [2.24, 2.45) is 16.8 Å². The Balaban J connectivity index is 1.59. The Morgan fingerprint density at radius 2 is 2.09 bits per heavy atom. The van der Waals surface area contributed by atoms with Crippen molar-refractivity contribution in [3.8, 4) is 0 Å². The Hall–Kier alpha value is -0.810. The Bertz CT molecular complexity index is 334. The normalized spacial score (nSPS) is 24.7. The largest absolute Gasteiger partial charge is 0.381 e. The zero-order valence-corrected chi connectivity index (χ0v) is 14.7. The highest BCUT2D eigenvalue weighted by Gasteiger charge is 2.19. The maximum Gasteiger partial charge on any atom is 0.193 e. The average Bonchev–Trinajstić information content (AvgIpc) is 3.02.